The molecule has 10 nitrogen and oxygen atoms in total. The number of primary sulfonamides is 1. The van der Waals surface area contributed by atoms with Gasteiger partial charge in [-0.3, -0.25) is 15.1 Å². The van der Waals surface area contributed by atoms with Crippen LogP contribution < -0.4 is 15.2 Å². The SMILES string of the molecule is COc1ncc([N+](=O)[O-])c(NCc2ccc(S(N)(=O)=O)cn2)c1Br. The molecule has 2 rings (SSSR count). The van der Waals surface area contributed by atoms with Gasteiger partial charge in [0.2, 0.25) is 15.9 Å². The Morgan fingerprint density at radius 2 is 2.08 bits per heavy atom. The molecule has 0 aliphatic carbocycles. The van der Waals surface area contributed by atoms with E-state index in [1.165, 1.54) is 19.2 Å². The average molecular weight is 418 g/mol. The monoisotopic (exact) mass is 417 g/mol. The van der Waals surface area contributed by atoms with Gasteiger partial charge in [0.15, 0.2) is 0 Å². The normalized spacial score (nSPS) is 11.1. The van der Waals surface area contributed by atoms with Crippen molar-refractivity contribution in [3.8, 4) is 5.88 Å². The minimum Gasteiger partial charge on any atom is -0.480 e. The molecule has 0 saturated carbocycles. The number of pyridine rings is 2. The maximum Gasteiger partial charge on any atom is 0.311 e. The molecule has 0 bridgehead atoms. The van der Waals surface area contributed by atoms with Gasteiger partial charge in [0.25, 0.3) is 0 Å². The standard InChI is InChI=1S/C12H12BrN5O5S/c1-23-12-10(13)11(9(6-17-12)18(19)20)16-4-7-2-3-8(5-15-7)24(14,21)22/h2-3,5-6H,4H2,1H3,(H,16,17)(H2,14,21,22). The van der Waals surface area contributed by atoms with E-state index < -0.39 is 14.9 Å². The highest BCUT2D eigenvalue weighted by Gasteiger charge is 2.21. The van der Waals surface area contributed by atoms with Gasteiger partial charge in [-0.25, -0.2) is 18.5 Å². The number of sulfonamides is 1. The Kier molecular flexibility index (Phi) is 5.31. The number of halogens is 1. The summed E-state index contributed by atoms with van der Waals surface area (Å²) in [6.07, 6.45) is 2.19. The van der Waals surface area contributed by atoms with Crippen LogP contribution in [0.4, 0.5) is 11.4 Å². The van der Waals surface area contributed by atoms with Crippen LogP contribution in [0.25, 0.3) is 0 Å². The number of nitrogens with two attached hydrogens (primary N) is 1. The molecule has 0 amide bonds. The Bertz CT molecular complexity index is 872. The van der Waals surface area contributed by atoms with E-state index in [1.54, 1.807) is 0 Å². The van der Waals surface area contributed by atoms with Crippen LogP contribution >= 0.6 is 15.9 Å². The summed E-state index contributed by atoms with van der Waals surface area (Å²) in [5.41, 5.74) is 0.382. The molecule has 3 N–H and O–H groups in total. The molecule has 0 aliphatic rings. The maximum absolute atomic E-state index is 11.2. The molecule has 0 spiro atoms. The van der Waals surface area contributed by atoms with E-state index in [1.807, 2.05) is 0 Å². The smallest absolute Gasteiger partial charge is 0.311 e. The van der Waals surface area contributed by atoms with Gasteiger partial charge in [-0.2, -0.15) is 0 Å². The van der Waals surface area contributed by atoms with Crippen LogP contribution in [0.2, 0.25) is 0 Å². The van der Waals surface area contributed by atoms with E-state index in [-0.39, 0.29) is 28.7 Å². The van der Waals surface area contributed by atoms with Crippen LogP contribution in [0.3, 0.4) is 0 Å². The summed E-state index contributed by atoms with van der Waals surface area (Å²) in [4.78, 5) is 18.2. The zero-order chi connectivity index (χ0) is 17.9. The largest absolute Gasteiger partial charge is 0.480 e. The van der Waals surface area contributed by atoms with Gasteiger partial charge in [-0.15, -0.1) is 0 Å². The number of nitrogens with zero attached hydrogens (tertiary/aromatic N) is 3. The molecule has 24 heavy (non-hydrogen) atoms. The lowest BCUT2D eigenvalue weighted by atomic mass is 10.3. The topological polar surface area (TPSA) is 150 Å². The number of anilines is 1. The fourth-order valence-electron chi connectivity index (χ4n) is 1.77. The second-order valence-corrected chi connectivity index (χ2v) is 6.84. The first-order valence-corrected chi connectivity index (χ1v) is 8.66. The van der Waals surface area contributed by atoms with Gasteiger partial charge in [0.05, 0.1) is 24.3 Å². The summed E-state index contributed by atoms with van der Waals surface area (Å²) in [5, 5.41) is 19.0. The molecular formula is C12H12BrN5O5S. The van der Waals surface area contributed by atoms with Gasteiger partial charge in [-0.05, 0) is 28.1 Å². The highest BCUT2D eigenvalue weighted by molar-refractivity contribution is 9.10. The van der Waals surface area contributed by atoms with E-state index in [9.17, 15) is 18.5 Å². The summed E-state index contributed by atoms with van der Waals surface area (Å²) >= 11 is 3.20. The molecule has 0 saturated heterocycles. The first-order chi connectivity index (χ1) is 11.2. The maximum atomic E-state index is 11.2. The first kappa shape index (κ1) is 18.0. The van der Waals surface area contributed by atoms with Crippen LogP contribution in [-0.4, -0.2) is 30.4 Å². The number of methoxy groups -OCH3 is 1. The van der Waals surface area contributed by atoms with E-state index in [2.05, 4.69) is 31.2 Å². The van der Waals surface area contributed by atoms with Crippen LogP contribution in [-0.2, 0) is 16.6 Å². The van der Waals surface area contributed by atoms with Gasteiger partial charge in [0, 0.05) is 6.20 Å². The van der Waals surface area contributed by atoms with Crippen LogP contribution in [0.15, 0.2) is 33.9 Å². The predicted octanol–water partition coefficient (Wildman–Crippen LogP) is 1.42. The van der Waals surface area contributed by atoms with Crippen molar-refractivity contribution in [1.82, 2.24) is 9.97 Å². The molecule has 0 aromatic carbocycles. The molecule has 0 unspecified atom stereocenters. The Hall–Kier alpha value is -2.31. The fourth-order valence-corrected chi connectivity index (χ4v) is 2.84. The lowest BCUT2D eigenvalue weighted by Gasteiger charge is -2.11. The number of nitrogens with one attached hydrogen (secondary N) is 1. The molecule has 0 atom stereocenters. The Morgan fingerprint density at radius 3 is 2.58 bits per heavy atom. The molecule has 0 aliphatic heterocycles. The second-order valence-electron chi connectivity index (χ2n) is 4.48. The fraction of sp³-hybridized carbons (Fsp3) is 0.167. The minimum atomic E-state index is -3.82. The third kappa shape index (κ3) is 3.96. The van der Waals surface area contributed by atoms with E-state index >= 15 is 0 Å². The minimum absolute atomic E-state index is 0.109. The van der Waals surface area contributed by atoms with Crippen molar-refractivity contribution in [2.24, 2.45) is 5.14 Å². The summed E-state index contributed by atoms with van der Waals surface area (Å²) in [6.45, 7) is 0.109. The van der Waals surface area contributed by atoms with E-state index in [0.717, 1.165) is 12.4 Å². The van der Waals surface area contributed by atoms with E-state index in [0.29, 0.717) is 10.2 Å². The quantitative estimate of drug-likeness (QED) is 0.528. The molecule has 2 aromatic heterocycles. The Balaban J connectivity index is 2.27. The van der Waals surface area contributed by atoms with Crippen molar-refractivity contribution in [3.63, 3.8) is 0 Å². The number of rotatable bonds is 6. The zero-order valence-corrected chi connectivity index (χ0v) is 14.7. The van der Waals surface area contributed by atoms with Crippen molar-refractivity contribution >= 4 is 37.3 Å². The van der Waals surface area contributed by atoms with Crippen molar-refractivity contribution in [3.05, 3.63) is 44.8 Å². The zero-order valence-electron chi connectivity index (χ0n) is 12.3. The van der Waals surface area contributed by atoms with Crippen molar-refractivity contribution in [2.45, 2.75) is 11.4 Å². The van der Waals surface area contributed by atoms with Crippen molar-refractivity contribution in [2.75, 3.05) is 12.4 Å². The number of hydrogen-bond acceptors (Lipinski definition) is 8. The lowest BCUT2D eigenvalue weighted by molar-refractivity contribution is -0.384. The van der Waals surface area contributed by atoms with Gasteiger partial charge < -0.3 is 10.1 Å². The number of hydrogen-bond donors (Lipinski definition) is 2. The summed E-state index contributed by atoms with van der Waals surface area (Å²) in [7, 11) is -2.44. The third-order valence-corrected chi connectivity index (χ3v) is 4.56. The van der Waals surface area contributed by atoms with Gasteiger partial charge >= 0.3 is 5.69 Å². The number of nitro groups is 1. The van der Waals surface area contributed by atoms with Gasteiger partial charge in [0.1, 0.15) is 21.3 Å². The van der Waals surface area contributed by atoms with Crippen LogP contribution in [0.1, 0.15) is 5.69 Å². The molecule has 2 aromatic rings. The van der Waals surface area contributed by atoms with Crippen LogP contribution in [0.5, 0.6) is 5.88 Å². The van der Waals surface area contributed by atoms with Crippen LogP contribution in [0, 0.1) is 10.1 Å². The Labute approximate surface area is 145 Å². The van der Waals surface area contributed by atoms with Gasteiger partial charge in [-0.1, -0.05) is 0 Å². The second kappa shape index (κ2) is 7.07. The predicted molar refractivity (Wildman–Crippen MR) is 88.1 cm³/mol. The first-order valence-electron chi connectivity index (χ1n) is 6.32. The molecule has 128 valence electrons. The Morgan fingerprint density at radius 1 is 1.38 bits per heavy atom. The molecule has 0 radical (unpaired) electrons. The van der Waals surface area contributed by atoms with Crippen molar-refractivity contribution in [1.29, 1.82) is 0 Å². The van der Waals surface area contributed by atoms with Crippen molar-refractivity contribution < 1.29 is 18.1 Å². The summed E-state index contributed by atoms with van der Waals surface area (Å²) in [6, 6.07) is 2.75. The number of ether oxygens (including phenoxy) is 1. The average Bonchev–Trinajstić information content (AvgIpc) is 2.52. The third-order valence-electron chi connectivity index (χ3n) is 2.93. The molecule has 0 fully saturated rings. The molecular weight excluding hydrogens is 406 g/mol. The number of aromatic nitrogens is 2. The summed E-state index contributed by atoms with van der Waals surface area (Å²) < 4.78 is 27.7. The molecule has 2 heterocycles. The highest BCUT2D eigenvalue weighted by atomic mass is 79.9. The lowest BCUT2D eigenvalue weighted by Crippen LogP contribution is -2.13. The molecule has 12 heteroatoms. The van der Waals surface area contributed by atoms with E-state index in [4.69, 9.17) is 9.88 Å². The highest BCUT2D eigenvalue weighted by Crippen LogP contribution is 2.37. The summed E-state index contributed by atoms with van der Waals surface area (Å²) in [5.74, 6) is 0.181.